The van der Waals surface area contributed by atoms with Crippen LogP contribution in [0.25, 0.3) is 0 Å². The third-order valence-corrected chi connectivity index (χ3v) is 7.15. The van der Waals surface area contributed by atoms with Gasteiger partial charge in [-0.3, -0.25) is 9.69 Å². The molecule has 1 aliphatic rings. The average molecular weight is 355 g/mol. The van der Waals surface area contributed by atoms with Gasteiger partial charge < -0.3 is 18.5 Å². The van der Waals surface area contributed by atoms with Crippen molar-refractivity contribution >= 4 is 24.1 Å². The van der Waals surface area contributed by atoms with Crippen molar-refractivity contribution in [1.82, 2.24) is 4.90 Å². The summed E-state index contributed by atoms with van der Waals surface area (Å²) in [6, 6.07) is 0. The Hall–Kier alpha value is -0.110. The summed E-state index contributed by atoms with van der Waals surface area (Å²) in [5.41, 5.74) is -0.594. The fourth-order valence-corrected chi connectivity index (χ4v) is 3.71. The minimum atomic E-state index is -3.21. The zero-order valence-electron chi connectivity index (χ0n) is 13.7. The van der Waals surface area contributed by atoms with Gasteiger partial charge >= 0.3 is 12.8 Å². The average Bonchev–Trinajstić information content (AvgIpc) is 2.53. The molecule has 1 fully saturated rings. The van der Waals surface area contributed by atoms with Crippen molar-refractivity contribution in [3.05, 3.63) is 0 Å². The molecule has 0 amide bonds. The van der Waals surface area contributed by atoms with Crippen molar-refractivity contribution in [3.63, 3.8) is 0 Å². The number of hydrogen-bond acceptors (Lipinski definition) is 8. The second-order valence-electron chi connectivity index (χ2n) is 5.58. The summed E-state index contributed by atoms with van der Waals surface area (Å²) in [4.78, 5) is 14.4. The third-order valence-electron chi connectivity index (χ3n) is 3.56. The van der Waals surface area contributed by atoms with Gasteiger partial charge in [-0.25, -0.2) is 4.57 Å². The van der Waals surface area contributed by atoms with Gasteiger partial charge in [-0.2, -0.15) is 0 Å². The molecule has 0 unspecified atom stereocenters. The highest BCUT2D eigenvalue weighted by atomic mass is 32.7. The maximum atomic E-state index is 12.1. The van der Waals surface area contributed by atoms with Crippen molar-refractivity contribution in [2.75, 3.05) is 53.0 Å². The van der Waals surface area contributed by atoms with Gasteiger partial charge in [0.1, 0.15) is 5.94 Å². The van der Waals surface area contributed by atoms with E-state index in [1.165, 1.54) is 14.2 Å². The second kappa shape index (κ2) is 9.25. The number of hydrogen-bond donors (Lipinski definition) is 0. The van der Waals surface area contributed by atoms with E-state index < -0.39 is 12.2 Å². The normalized spacial score (nSPS) is 17.5. The van der Waals surface area contributed by atoms with Gasteiger partial charge in [-0.1, -0.05) is 0 Å². The van der Waals surface area contributed by atoms with Crippen LogP contribution >= 0.6 is 18.2 Å². The van der Waals surface area contributed by atoms with E-state index in [2.05, 4.69) is 4.90 Å². The highest BCUT2D eigenvalue weighted by molar-refractivity contribution is 8.55. The molecule has 1 rings (SSSR count). The molecule has 0 aromatic carbocycles. The first-order valence-corrected chi connectivity index (χ1v) is 10.3. The van der Waals surface area contributed by atoms with Crippen LogP contribution in [-0.2, 0) is 27.9 Å². The molecule has 0 bridgehead atoms. The Morgan fingerprint density at radius 1 is 1.27 bits per heavy atom. The van der Waals surface area contributed by atoms with E-state index in [0.29, 0.717) is 6.42 Å². The van der Waals surface area contributed by atoms with Crippen molar-refractivity contribution in [2.24, 2.45) is 5.41 Å². The fraction of sp³-hybridized carbons (Fsp3) is 0.923. The Morgan fingerprint density at radius 3 is 2.41 bits per heavy atom. The number of morpholine rings is 1. The summed E-state index contributed by atoms with van der Waals surface area (Å²) in [6.07, 6.45) is 0.697. The molecule has 0 aliphatic carbocycles. The molecule has 0 aromatic rings. The van der Waals surface area contributed by atoms with Crippen molar-refractivity contribution < 1.29 is 27.9 Å². The predicted octanol–water partition coefficient (Wildman–Crippen LogP) is 2.37. The highest BCUT2D eigenvalue weighted by Gasteiger charge is 2.31. The molecule has 7 nitrogen and oxygen atoms in total. The van der Waals surface area contributed by atoms with E-state index in [4.69, 9.17) is 18.5 Å². The van der Waals surface area contributed by atoms with Crippen molar-refractivity contribution in [2.45, 2.75) is 20.3 Å². The molecule has 0 aromatic heterocycles. The smallest absolute Gasteiger partial charge is 0.391 e. The lowest BCUT2D eigenvalue weighted by Crippen LogP contribution is -2.39. The molecule has 0 atom stereocenters. The molecule has 22 heavy (non-hydrogen) atoms. The van der Waals surface area contributed by atoms with Crippen molar-refractivity contribution in [3.8, 4) is 0 Å². The van der Waals surface area contributed by atoms with E-state index in [0.717, 1.165) is 44.2 Å². The predicted molar refractivity (Wildman–Crippen MR) is 85.8 cm³/mol. The number of nitrogens with zero attached hydrogens (tertiary/aromatic N) is 1. The number of rotatable bonds is 9. The molecular weight excluding hydrogens is 329 g/mol. The first kappa shape index (κ1) is 19.9. The van der Waals surface area contributed by atoms with Gasteiger partial charge in [0.15, 0.2) is 0 Å². The zero-order valence-corrected chi connectivity index (χ0v) is 15.4. The van der Waals surface area contributed by atoms with Gasteiger partial charge in [-0.05, 0) is 26.8 Å². The lowest BCUT2D eigenvalue weighted by Gasteiger charge is -2.30. The second-order valence-corrected chi connectivity index (χ2v) is 9.81. The van der Waals surface area contributed by atoms with Crippen LogP contribution in [0.3, 0.4) is 0 Å². The first-order chi connectivity index (χ1) is 10.3. The van der Waals surface area contributed by atoms with Crippen LogP contribution in [0.2, 0.25) is 0 Å². The summed E-state index contributed by atoms with van der Waals surface area (Å²) in [7, 11) is 2.59. The summed E-state index contributed by atoms with van der Waals surface area (Å²) < 4.78 is 31.9. The van der Waals surface area contributed by atoms with Crippen LogP contribution in [0.5, 0.6) is 0 Å². The molecule has 130 valence electrons. The minimum absolute atomic E-state index is 0.0568. The minimum Gasteiger partial charge on any atom is -0.454 e. The molecule has 9 heteroatoms. The Bertz CT molecular complexity index is 392. The number of carbonyl (C=O) groups is 1. The Morgan fingerprint density at radius 2 is 1.86 bits per heavy atom. The van der Waals surface area contributed by atoms with E-state index >= 15 is 0 Å². The van der Waals surface area contributed by atoms with E-state index in [-0.39, 0.29) is 11.9 Å². The number of esters is 1. The molecule has 1 aliphatic heterocycles. The molecule has 1 saturated heterocycles. The zero-order chi connectivity index (χ0) is 16.6. The topological polar surface area (TPSA) is 74.3 Å². The standard InChI is InChI=1S/C13H26NO6PS/c1-13(2,5-6-14-7-9-19-10-8-14)12(15)20-11-22-21(16,17-3)18-4/h5-11H2,1-4H3. The maximum absolute atomic E-state index is 12.1. The fourth-order valence-electron chi connectivity index (χ4n) is 1.88. The van der Waals surface area contributed by atoms with E-state index in [1.54, 1.807) is 0 Å². The maximum Gasteiger partial charge on any atom is 0.391 e. The monoisotopic (exact) mass is 355 g/mol. The molecule has 0 N–H and O–H groups in total. The van der Waals surface area contributed by atoms with Crippen LogP contribution < -0.4 is 0 Å². The van der Waals surface area contributed by atoms with Gasteiger partial charge in [0.25, 0.3) is 0 Å². The quantitative estimate of drug-likeness (QED) is 0.355. The van der Waals surface area contributed by atoms with Crippen LogP contribution in [-0.4, -0.2) is 63.9 Å². The molecule has 0 radical (unpaired) electrons. The molecular formula is C13H26NO6PS. The summed E-state index contributed by atoms with van der Waals surface area (Å²) in [5.74, 6) is -0.370. The van der Waals surface area contributed by atoms with Crippen LogP contribution in [0, 0.1) is 5.41 Å². The van der Waals surface area contributed by atoms with Gasteiger partial charge in [-0.15, -0.1) is 0 Å². The molecule has 0 spiro atoms. The van der Waals surface area contributed by atoms with Crippen LogP contribution in [0.1, 0.15) is 20.3 Å². The van der Waals surface area contributed by atoms with Crippen molar-refractivity contribution in [1.29, 1.82) is 0 Å². The highest BCUT2D eigenvalue weighted by Crippen LogP contribution is 2.59. The number of ether oxygens (including phenoxy) is 2. The Balaban J connectivity index is 2.33. The lowest BCUT2D eigenvalue weighted by atomic mass is 9.89. The van der Waals surface area contributed by atoms with Gasteiger partial charge in [0.05, 0.1) is 18.6 Å². The summed E-state index contributed by atoms with van der Waals surface area (Å²) in [5, 5.41) is 0. The van der Waals surface area contributed by atoms with Gasteiger partial charge in [0.2, 0.25) is 0 Å². The summed E-state index contributed by atoms with van der Waals surface area (Å²) >= 11 is 0.856. The Labute approximate surface area is 136 Å². The number of carbonyl (C=O) groups excluding carboxylic acids is 1. The Kier molecular flexibility index (Phi) is 8.38. The largest absolute Gasteiger partial charge is 0.454 e. The van der Waals surface area contributed by atoms with Crippen LogP contribution in [0.4, 0.5) is 0 Å². The third kappa shape index (κ3) is 6.56. The first-order valence-electron chi connectivity index (χ1n) is 7.16. The van der Waals surface area contributed by atoms with E-state index in [9.17, 15) is 9.36 Å². The van der Waals surface area contributed by atoms with E-state index in [1.807, 2.05) is 13.8 Å². The summed E-state index contributed by atoms with van der Waals surface area (Å²) in [6.45, 7) is 4.60. The molecule has 0 saturated carbocycles. The van der Waals surface area contributed by atoms with Crippen LogP contribution in [0.15, 0.2) is 0 Å². The lowest BCUT2D eigenvalue weighted by molar-refractivity contribution is -0.152. The molecule has 1 heterocycles. The van der Waals surface area contributed by atoms with Gasteiger partial charge in [0, 0.05) is 38.7 Å². The SMILES string of the molecule is COP(=O)(OC)SCOC(=O)C(C)(C)CCN1CCOCC1.